The van der Waals surface area contributed by atoms with Crippen molar-refractivity contribution in [3.8, 4) is 0 Å². The van der Waals surface area contributed by atoms with Gasteiger partial charge in [0.1, 0.15) is 4.90 Å². The number of fused-ring (bicyclic) bond motifs is 1. The highest BCUT2D eigenvalue weighted by Gasteiger charge is 2.26. The fourth-order valence-electron chi connectivity index (χ4n) is 2.92. The Labute approximate surface area is 157 Å². The Bertz CT molecular complexity index is 1140. The topological polar surface area (TPSA) is 88.2 Å². The van der Waals surface area contributed by atoms with E-state index < -0.39 is 10.0 Å². The summed E-state index contributed by atoms with van der Waals surface area (Å²) in [5.74, 6) is -0.275. The molecule has 1 aliphatic rings. The van der Waals surface area contributed by atoms with Crippen LogP contribution in [0.2, 0.25) is 0 Å². The average molecular weight is 381 g/mol. The number of amides is 1. The fourth-order valence-corrected chi connectivity index (χ4v) is 4.18. The third kappa shape index (κ3) is 3.64. The lowest BCUT2D eigenvalue weighted by Gasteiger charge is -2.13. The van der Waals surface area contributed by atoms with Crippen LogP contribution in [0.1, 0.15) is 28.8 Å². The average Bonchev–Trinajstić information content (AvgIpc) is 3.45. The van der Waals surface area contributed by atoms with Crippen LogP contribution >= 0.6 is 0 Å². The first-order valence-electron chi connectivity index (χ1n) is 8.72. The number of hydrogen-bond donors (Lipinski definition) is 2. The first-order valence-corrected chi connectivity index (χ1v) is 10.2. The summed E-state index contributed by atoms with van der Waals surface area (Å²) in [4.78, 5) is 16.8. The van der Waals surface area contributed by atoms with Gasteiger partial charge >= 0.3 is 0 Å². The molecule has 2 aromatic carbocycles. The van der Waals surface area contributed by atoms with E-state index in [-0.39, 0.29) is 22.5 Å². The molecule has 0 aliphatic heterocycles. The van der Waals surface area contributed by atoms with E-state index in [1.165, 1.54) is 6.07 Å². The second-order valence-corrected chi connectivity index (χ2v) is 8.39. The molecule has 0 spiro atoms. The lowest BCUT2D eigenvalue weighted by atomic mass is 10.1. The van der Waals surface area contributed by atoms with Crippen molar-refractivity contribution in [2.75, 3.05) is 4.72 Å². The van der Waals surface area contributed by atoms with Crippen molar-refractivity contribution in [1.82, 2.24) is 10.3 Å². The van der Waals surface area contributed by atoms with E-state index in [0.717, 1.165) is 23.8 Å². The molecule has 0 bridgehead atoms. The van der Waals surface area contributed by atoms with E-state index in [1.54, 1.807) is 36.5 Å². The quantitative estimate of drug-likeness (QED) is 0.710. The number of para-hydroxylation sites is 2. The molecule has 1 saturated carbocycles. The standard InChI is InChI=1S/C20H19N3O3S/c1-13-11-14-5-4-8-18(19(14)21-12-13)27(25,26)23-17-7-3-2-6-16(17)20(24)22-15-9-10-15/h2-8,11-12,15,23H,9-10H2,1H3,(H,22,24). The smallest absolute Gasteiger partial charge is 0.264 e. The summed E-state index contributed by atoms with van der Waals surface area (Å²) in [5.41, 5.74) is 1.90. The molecule has 0 radical (unpaired) electrons. The lowest BCUT2D eigenvalue weighted by Crippen LogP contribution is -2.27. The second-order valence-electron chi connectivity index (χ2n) is 6.74. The molecule has 1 heterocycles. The number of rotatable bonds is 5. The van der Waals surface area contributed by atoms with Gasteiger partial charge in [-0.25, -0.2) is 8.42 Å². The molecule has 138 valence electrons. The van der Waals surface area contributed by atoms with E-state index in [2.05, 4.69) is 15.0 Å². The molecule has 6 nitrogen and oxygen atoms in total. The van der Waals surface area contributed by atoms with E-state index in [1.807, 2.05) is 19.1 Å². The molecule has 0 atom stereocenters. The normalized spacial score (nSPS) is 14.1. The summed E-state index contributed by atoms with van der Waals surface area (Å²) in [6, 6.07) is 13.7. The lowest BCUT2D eigenvalue weighted by molar-refractivity contribution is 0.0952. The predicted molar refractivity (Wildman–Crippen MR) is 104 cm³/mol. The predicted octanol–water partition coefficient (Wildman–Crippen LogP) is 3.24. The number of benzene rings is 2. The molecule has 0 unspecified atom stereocenters. The number of sulfonamides is 1. The largest absolute Gasteiger partial charge is 0.349 e. The van der Waals surface area contributed by atoms with Gasteiger partial charge in [-0.05, 0) is 49.6 Å². The van der Waals surface area contributed by atoms with Crippen LogP contribution in [-0.4, -0.2) is 25.4 Å². The minimum Gasteiger partial charge on any atom is -0.349 e. The van der Waals surface area contributed by atoms with Crippen LogP contribution in [-0.2, 0) is 10.0 Å². The Kier molecular flexibility index (Phi) is 4.31. The van der Waals surface area contributed by atoms with Gasteiger partial charge in [0.05, 0.1) is 16.8 Å². The molecule has 2 N–H and O–H groups in total. The molecule has 1 amide bonds. The Hall–Kier alpha value is -2.93. The maximum Gasteiger partial charge on any atom is 0.264 e. The second kappa shape index (κ2) is 6.66. The first kappa shape index (κ1) is 17.5. The van der Waals surface area contributed by atoms with E-state index in [4.69, 9.17) is 0 Å². The number of carbonyl (C=O) groups excluding carboxylic acids is 1. The molecule has 1 aromatic heterocycles. The summed E-state index contributed by atoms with van der Waals surface area (Å²) in [7, 11) is -3.91. The summed E-state index contributed by atoms with van der Waals surface area (Å²) < 4.78 is 28.6. The Morgan fingerprint density at radius 2 is 1.89 bits per heavy atom. The number of aryl methyl sites for hydroxylation is 1. The van der Waals surface area contributed by atoms with Crippen molar-refractivity contribution in [3.05, 3.63) is 65.9 Å². The van der Waals surface area contributed by atoms with Gasteiger partial charge in [-0.2, -0.15) is 0 Å². The summed E-state index contributed by atoms with van der Waals surface area (Å²) in [5, 5.41) is 3.63. The Balaban J connectivity index is 1.72. The highest BCUT2D eigenvalue weighted by atomic mass is 32.2. The first-order chi connectivity index (χ1) is 12.9. The highest BCUT2D eigenvalue weighted by molar-refractivity contribution is 7.93. The summed E-state index contributed by atoms with van der Waals surface area (Å²) >= 11 is 0. The summed E-state index contributed by atoms with van der Waals surface area (Å²) in [6.07, 6.45) is 3.56. The molecule has 27 heavy (non-hydrogen) atoms. The molecule has 3 aromatic rings. The number of nitrogens with one attached hydrogen (secondary N) is 2. The number of carbonyl (C=O) groups is 1. The van der Waals surface area contributed by atoms with Crippen LogP contribution in [0.5, 0.6) is 0 Å². The Morgan fingerprint density at radius 1 is 1.11 bits per heavy atom. The van der Waals surface area contributed by atoms with Gasteiger partial charge in [0.15, 0.2) is 0 Å². The number of aromatic nitrogens is 1. The van der Waals surface area contributed by atoms with Crippen LogP contribution in [0.4, 0.5) is 5.69 Å². The van der Waals surface area contributed by atoms with Gasteiger partial charge in [-0.1, -0.05) is 24.3 Å². The fraction of sp³-hybridized carbons (Fsp3) is 0.200. The van der Waals surface area contributed by atoms with Crippen LogP contribution in [0.15, 0.2) is 59.6 Å². The zero-order valence-corrected chi connectivity index (χ0v) is 15.6. The zero-order valence-electron chi connectivity index (χ0n) is 14.8. The van der Waals surface area contributed by atoms with Gasteiger partial charge in [0.25, 0.3) is 15.9 Å². The van der Waals surface area contributed by atoms with Gasteiger partial charge in [0, 0.05) is 17.6 Å². The van der Waals surface area contributed by atoms with E-state index in [0.29, 0.717) is 11.1 Å². The van der Waals surface area contributed by atoms with Crippen LogP contribution in [0.25, 0.3) is 10.9 Å². The van der Waals surface area contributed by atoms with Gasteiger partial charge in [-0.3, -0.25) is 14.5 Å². The molecule has 4 rings (SSSR count). The third-order valence-electron chi connectivity index (χ3n) is 4.43. The van der Waals surface area contributed by atoms with Crippen LogP contribution in [0.3, 0.4) is 0 Å². The molecular weight excluding hydrogens is 362 g/mol. The SMILES string of the molecule is Cc1cnc2c(S(=O)(=O)Nc3ccccc3C(=O)NC3CC3)cccc2c1. The minimum absolute atomic E-state index is 0.0809. The van der Waals surface area contributed by atoms with Crippen molar-refractivity contribution >= 4 is 32.5 Å². The van der Waals surface area contributed by atoms with E-state index in [9.17, 15) is 13.2 Å². The molecular formula is C20H19N3O3S. The van der Waals surface area contributed by atoms with Gasteiger partial charge in [-0.15, -0.1) is 0 Å². The zero-order chi connectivity index (χ0) is 19.0. The third-order valence-corrected chi connectivity index (χ3v) is 5.83. The van der Waals surface area contributed by atoms with Gasteiger partial charge < -0.3 is 5.32 Å². The number of nitrogens with zero attached hydrogens (tertiary/aromatic N) is 1. The summed E-state index contributed by atoms with van der Waals surface area (Å²) in [6.45, 7) is 1.90. The maximum absolute atomic E-state index is 13.0. The minimum atomic E-state index is -3.91. The van der Waals surface area contributed by atoms with Crippen molar-refractivity contribution in [3.63, 3.8) is 0 Å². The van der Waals surface area contributed by atoms with Crippen LogP contribution in [0, 0.1) is 6.92 Å². The monoisotopic (exact) mass is 381 g/mol. The van der Waals surface area contributed by atoms with Crippen molar-refractivity contribution in [1.29, 1.82) is 0 Å². The van der Waals surface area contributed by atoms with Crippen molar-refractivity contribution in [2.45, 2.75) is 30.7 Å². The number of hydrogen-bond acceptors (Lipinski definition) is 4. The maximum atomic E-state index is 13.0. The van der Waals surface area contributed by atoms with Gasteiger partial charge in [0.2, 0.25) is 0 Å². The van der Waals surface area contributed by atoms with Crippen molar-refractivity contribution < 1.29 is 13.2 Å². The number of anilines is 1. The molecule has 7 heteroatoms. The molecule has 1 aliphatic carbocycles. The molecule has 0 saturated heterocycles. The Morgan fingerprint density at radius 3 is 2.67 bits per heavy atom. The van der Waals surface area contributed by atoms with E-state index >= 15 is 0 Å². The van der Waals surface area contributed by atoms with Crippen molar-refractivity contribution in [2.24, 2.45) is 0 Å². The number of pyridine rings is 1. The van der Waals surface area contributed by atoms with Crippen LogP contribution < -0.4 is 10.0 Å². The highest BCUT2D eigenvalue weighted by Crippen LogP contribution is 2.26. The molecule has 1 fully saturated rings.